The third-order valence-electron chi connectivity index (χ3n) is 2.36. The zero-order valence-corrected chi connectivity index (χ0v) is 10.6. The minimum absolute atomic E-state index is 0.0910. The molecule has 0 bridgehead atoms. The Morgan fingerprint density at radius 3 is 2.62 bits per heavy atom. The van der Waals surface area contributed by atoms with E-state index in [4.69, 9.17) is 4.42 Å². The van der Waals surface area contributed by atoms with E-state index in [0.29, 0.717) is 5.76 Å². The van der Waals surface area contributed by atoms with E-state index in [-0.39, 0.29) is 12.2 Å². The number of para-hydroxylation sites is 2. The summed E-state index contributed by atoms with van der Waals surface area (Å²) in [6, 6.07) is 7.88. The fraction of sp³-hybridized carbons (Fsp3) is 0.154. The number of rotatable bonds is 4. The molecule has 0 aliphatic carbocycles. The van der Waals surface area contributed by atoms with Gasteiger partial charge in [-0.2, -0.15) is 0 Å². The molecule has 0 aliphatic heterocycles. The topological polar surface area (TPSA) is 63.5 Å². The number of halogens is 3. The Kier molecular flexibility index (Phi) is 4.36. The fourth-order valence-corrected chi connectivity index (χ4v) is 1.53. The minimum atomic E-state index is -4.83. The molecule has 0 radical (unpaired) electrons. The minimum Gasteiger partial charge on any atom is -0.467 e. The Balaban J connectivity index is 1.97. The summed E-state index contributed by atoms with van der Waals surface area (Å²) in [6.07, 6.45) is -3.39. The van der Waals surface area contributed by atoms with Crippen LogP contribution in [-0.2, 0) is 6.54 Å². The molecule has 21 heavy (non-hydrogen) atoms. The molecule has 112 valence electrons. The van der Waals surface area contributed by atoms with E-state index in [1.54, 1.807) is 12.1 Å². The maximum Gasteiger partial charge on any atom is 0.573 e. The van der Waals surface area contributed by atoms with Crippen molar-refractivity contribution in [3.05, 3.63) is 48.4 Å². The van der Waals surface area contributed by atoms with Gasteiger partial charge in [0.15, 0.2) is 5.75 Å². The van der Waals surface area contributed by atoms with E-state index in [2.05, 4.69) is 15.4 Å². The Labute approximate surface area is 117 Å². The zero-order chi connectivity index (χ0) is 15.3. The van der Waals surface area contributed by atoms with Gasteiger partial charge in [-0.15, -0.1) is 13.2 Å². The molecule has 0 saturated heterocycles. The summed E-state index contributed by atoms with van der Waals surface area (Å²) in [6.45, 7) is 0.112. The molecule has 0 unspecified atom stereocenters. The van der Waals surface area contributed by atoms with Gasteiger partial charge in [-0.25, -0.2) is 4.79 Å². The number of ether oxygens (including phenoxy) is 1. The average molecular weight is 300 g/mol. The molecule has 2 aromatic rings. The van der Waals surface area contributed by atoms with Crippen LogP contribution < -0.4 is 15.4 Å². The largest absolute Gasteiger partial charge is 0.573 e. The molecule has 2 amide bonds. The van der Waals surface area contributed by atoms with Crippen molar-refractivity contribution in [2.24, 2.45) is 0 Å². The van der Waals surface area contributed by atoms with E-state index in [1.807, 2.05) is 0 Å². The van der Waals surface area contributed by atoms with E-state index in [9.17, 15) is 18.0 Å². The number of alkyl halides is 3. The molecule has 0 aliphatic rings. The van der Waals surface area contributed by atoms with Crippen LogP contribution in [0.25, 0.3) is 0 Å². The van der Waals surface area contributed by atoms with Crippen LogP contribution >= 0.6 is 0 Å². The van der Waals surface area contributed by atoms with Crippen molar-refractivity contribution in [3.63, 3.8) is 0 Å². The lowest BCUT2D eigenvalue weighted by Gasteiger charge is -2.14. The highest BCUT2D eigenvalue weighted by atomic mass is 19.4. The molecule has 2 rings (SSSR count). The van der Waals surface area contributed by atoms with Gasteiger partial charge >= 0.3 is 12.4 Å². The van der Waals surface area contributed by atoms with Gasteiger partial charge in [-0.05, 0) is 24.3 Å². The predicted octanol–water partition coefficient (Wildman–Crippen LogP) is 3.50. The van der Waals surface area contributed by atoms with Crippen LogP contribution in [0.2, 0.25) is 0 Å². The van der Waals surface area contributed by atoms with Crippen LogP contribution in [0.15, 0.2) is 47.1 Å². The van der Waals surface area contributed by atoms with Gasteiger partial charge in [-0.3, -0.25) is 0 Å². The summed E-state index contributed by atoms with van der Waals surface area (Å²) in [5.41, 5.74) is -0.0910. The summed E-state index contributed by atoms with van der Waals surface area (Å²) >= 11 is 0. The molecule has 1 aromatic carbocycles. The normalized spacial score (nSPS) is 11.0. The lowest BCUT2D eigenvalue weighted by Crippen LogP contribution is -2.28. The molecule has 8 heteroatoms. The Hall–Kier alpha value is -2.64. The number of benzene rings is 1. The summed E-state index contributed by atoms with van der Waals surface area (Å²) < 4.78 is 45.5. The standard InChI is InChI=1S/C13H11F3N2O3/c14-13(15,16)21-11-6-2-1-5-10(11)18-12(19)17-8-9-4-3-7-20-9/h1-7H,8H2,(H2,17,18,19). The number of anilines is 1. The van der Waals surface area contributed by atoms with E-state index in [1.165, 1.54) is 24.5 Å². The maximum atomic E-state index is 12.2. The third-order valence-corrected chi connectivity index (χ3v) is 2.36. The quantitative estimate of drug-likeness (QED) is 0.908. The molecule has 0 fully saturated rings. The van der Waals surface area contributed by atoms with Gasteiger partial charge in [0.1, 0.15) is 5.76 Å². The first-order valence-electron chi connectivity index (χ1n) is 5.86. The molecule has 0 saturated carbocycles. The Bertz CT molecular complexity index is 597. The maximum absolute atomic E-state index is 12.2. The Morgan fingerprint density at radius 2 is 1.95 bits per heavy atom. The number of amides is 2. The highest BCUT2D eigenvalue weighted by Crippen LogP contribution is 2.29. The fourth-order valence-electron chi connectivity index (χ4n) is 1.53. The van der Waals surface area contributed by atoms with Crippen molar-refractivity contribution in [1.29, 1.82) is 0 Å². The van der Waals surface area contributed by atoms with Crippen LogP contribution in [0.5, 0.6) is 5.75 Å². The monoisotopic (exact) mass is 300 g/mol. The van der Waals surface area contributed by atoms with Gasteiger partial charge < -0.3 is 19.8 Å². The molecule has 2 N–H and O–H groups in total. The second-order valence-corrected chi connectivity index (χ2v) is 3.93. The number of nitrogens with one attached hydrogen (secondary N) is 2. The summed E-state index contributed by atoms with van der Waals surface area (Å²) in [5, 5.41) is 4.72. The van der Waals surface area contributed by atoms with Gasteiger partial charge in [0.25, 0.3) is 0 Å². The number of carbonyl (C=O) groups excluding carboxylic acids is 1. The second kappa shape index (κ2) is 6.21. The number of urea groups is 1. The van der Waals surface area contributed by atoms with Crippen LogP contribution in [0.4, 0.5) is 23.7 Å². The van der Waals surface area contributed by atoms with Gasteiger partial charge in [0.05, 0.1) is 18.5 Å². The van der Waals surface area contributed by atoms with Crippen LogP contribution in [-0.4, -0.2) is 12.4 Å². The molecule has 5 nitrogen and oxygen atoms in total. The summed E-state index contributed by atoms with van der Waals surface area (Å²) in [5.74, 6) is 0.0307. The zero-order valence-electron chi connectivity index (χ0n) is 10.6. The van der Waals surface area contributed by atoms with Crippen molar-refractivity contribution < 1.29 is 27.1 Å². The molecule has 0 atom stereocenters. The Morgan fingerprint density at radius 1 is 1.19 bits per heavy atom. The highest BCUT2D eigenvalue weighted by molar-refractivity contribution is 5.90. The van der Waals surface area contributed by atoms with Crippen LogP contribution in [0, 0.1) is 0 Å². The number of hydrogen-bond donors (Lipinski definition) is 2. The first-order chi connectivity index (χ1) is 9.94. The highest BCUT2D eigenvalue weighted by Gasteiger charge is 2.32. The van der Waals surface area contributed by atoms with E-state index in [0.717, 1.165) is 6.07 Å². The summed E-state index contributed by atoms with van der Waals surface area (Å²) in [7, 11) is 0. The van der Waals surface area contributed by atoms with Crippen LogP contribution in [0.1, 0.15) is 5.76 Å². The predicted molar refractivity (Wildman–Crippen MR) is 67.7 cm³/mol. The lowest BCUT2D eigenvalue weighted by molar-refractivity contribution is -0.274. The van der Waals surface area contributed by atoms with Gasteiger partial charge in [0.2, 0.25) is 0 Å². The first-order valence-corrected chi connectivity index (χ1v) is 5.86. The number of carbonyl (C=O) groups is 1. The van der Waals surface area contributed by atoms with E-state index < -0.39 is 18.1 Å². The smallest absolute Gasteiger partial charge is 0.467 e. The number of furan rings is 1. The molecular weight excluding hydrogens is 289 g/mol. The van der Waals surface area contributed by atoms with Crippen molar-refractivity contribution in [3.8, 4) is 5.75 Å². The first kappa shape index (κ1) is 14.8. The summed E-state index contributed by atoms with van der Waals surface area (Å²) in [4.78, 5) is 11.6. The van der Waals surface area contributed by atoms with Crippen molar-refractivity contribution in [1.82, 2.24) is 5.32 Å². The molecular formula is C13H11F3N2O3. The van der Waals surface area contributed by atoms with Crippen molar-refractivity contribution in [2.45, 2.75) is 12.9 Å². The third kappa shape index (κ3) is 4.75. The SMILES string of the molecule is O=C(NCc1ccco1)Nc1ccccc1OC(F)(F)F. The second-order valence-electron chi connectivity index (χ2n) is 3.93. The van der Waals surface area contributed by atoms with E-state index >= 15 is 0 Å². The number of hydrogen-bond acceptors (Lipinski definition) is 3. The van der Waals surface area contributed by atoms with Crippen molar-refractivity contribution >= 4 is 11.7 Å². The molecule has 1 aromatic heterocycles. The van der Waals surface area contributed by atoms with Crippen LogP contribution in [0.3, 0.4) is 0 Å². The average Bonchev–Trinajstić information content (AvgIpc) is 2.90. The lowest BCUT2D eigenvalue weighted by atomic mass is 10.3. The van der Waals surface area contributed by atoms with Crippen molar-refractivity contribution in [2.75, 3.05) is 5.32 Å². The van der Waals surface area contributed by atoms with Gasteiger partial charge in [-0.1, -0.05) is 12.1 Å². The van der Waals surface area contributed by atoms with Gasteiger partial charge in [0, 0.05) is 0 Å². The molecule has 1 heterocycles. The molecule has 0 spiro atoms.